The highest BCUT2D eigenvalue weighted by atomic mass is 16.5. The third-order valence-electron chi connectivity index (χ3n) is 5.63. The fraction of sp³-hybridized carbons (Fsp3) is 0.435. The van der Waals surface area contributed by atoms with Crippen LogP contribution in [0.2, 0.25) is 0 Å². The number of piperazine rings is 1. The Morgan fingerprint density at radius 3 is 2.57 bits per heavy atom. The van der Waals surface area contributed by atoms with Crippen molar-refractivity contribution in [2.45, 2.75) is 25.8 Å². The summed E-state index contributed by atoms with van der Waals surface area (Å²) in [4.78, 5) is 16.7. The maximum absolute atomic E-state index is 12.4. The topological polar surface area (TPSA) is 44.8 Å². The molecule has 1 fully saturated rings. The van der Waals surface area contributed by atoms with Crippen molar-refractivity contribution in [1.29, 1.82) is 0 Å². The highest BCUT2D eigenvalue weighted by Gasteiger charge is 2.20. The molecule has 5 heteroatoms. The Balaban J connectivity index is 1.14. The molecular weight excluding hydrogens is 350 g/mol. The molecule has 1 saturated heterocycles. The third kappa shape index (κ3) is 4.84. The Morgan fingerprint density at radius 1 is 0.964 bits per heavy atom. The average molecular weight is 380 g/mol. The number of nitrogens with one attached hydrogen (secondary N) is 1. The number of fused-ring (bicyclic) bond motifs is 1. The number of carbonyl (C=O) groups is 1. The van der Waals surface area contributed by atoms with Crippen molar-refractivity contribution in [2.24, 2.45) is 0 Å². The van der Waals surface area contributed by atoms with Crippen LogP contribution >= 0.6 is 0 Å². The van der Waals surface area contributed by atoms with E-state index in [2.05, 4.69) is 46.6 Å². The maximum Gasteiger partial charge on any atom is 0.317 e. The number of amides is 2. The molecule has 1 N–H and O–H groups in total. The van der Waals surface area contributed by atoms with Gasteiger partial charge in [-0.05, 0) is 48.1 Å². The molecule has 1 aliphatic heterocycles. The van der Waals surface area contributed by atoms with Gasteiger partial charge in [0.25, 0.3) is 0 Å². The summed E-state index contributed by atoms with van der Waals surface area (Å²) in [5.74, 6) is 0.907. The van der Waals surface area contributed by atoms with Gasteiger partial charge in [-0.1, -0.05) is 36.4 Å². The van der Waals surface area contributed by atoms with E-state index in [4.69, 9.17) is 4.74 Å². The lowest BCUT2D eigenvalue weighted by Crippen LogP contribution is -2.51. The van der Waals surface area contributed by atoms with Crippen molar-refractivity contribution in [2.75, 3.05) is 39.3 Å². The van der Waals surface area contributed by atoms with Gasteiger partial charge in [0.2, 0.25) is 0 Å². The predicted molar refractivity (Wildman–Crippen MR) is 111 cm³/mol. The summed E-state index contributed by atoms with van der Waals surface area (Å²) in [6.45, 7) is 5.33. The summed E-state index contributed by atoms with van der Waals surface area (Å²) in [6.07, 6.45) is 3.58. The largest absolute Gasteiger partial charge is 0.492 e. The zero-order valence-corrected chi connectivity index (χ0v) is 16.4. The van der Waals surface area contributed by atoms with E-state index in [0.717, 1.165) is 44.9 Å². The second-order valence-electron chi connectivity index (χ2n) is 7.61. The molecule has 0 unspecified atom stereocenters. The molecule has 2 amide bonds. The van der Waals surface area contributed by atoms with Crippen LogP contribution in [0.15, 0.2) is 48.5 Å². The van der Waals surface area contributed by atoms with Gasteiger partial charge in [0.15, 0.2) is 0 Å². The molecule has 1 aliphatic carbocycles. The minimum absolute atomic E-state index is 0.0110. The van der Waals surface area contributed by atoms with E-state index in [9.17, 15) is 4.79 Å². The first-order valence-electron chi connectivity index (χ1n) is 10.3. The van der Waals surface area contributed by atoms with E-state index in [1.807, 2.05) is 17.0 Å². The van der Waals surface area contributed by atoms with Crippen molar-refractivity contribution >= 4 is 6.03 Å². The molecule has 28 heavy (non-hydrogen) atoms. The number of aryl methyl sites for hydroxylation is 2. The minimum atomic E-state index is 0.0110. The Labute approximate surface area is 167 Å². The van der Waals surface area contributed by atoms with Crippen molar-refractivity contribution in [3.8, 4) is 5.75 Å². The summed E-state index contributed by atoms with van der Waals surface area (Å²) in [7, 11) is 0. The van der Waals surface area contributed by atoms with Gasteiger partial charge in [-0.3, -0.25) is 4.90 Å². The lowest BCUT2D eigenvalue weighted by Gasteiger charge is -2.34. The third-order valence-corrected chi connectivity index (χ3v) is 5.63. The summed E-state index contributed by atoms with van der Waals surface area (Å²) in [5, 5.41) is 2.98. The SMILES string of the molecule is O=C(NCCOc1ccc2c(c1)CCC2)N1CCN(Cc2ccccc2)CC1. The smallest absolute Gasteiger partial charge is 0.317 e. The maximum atomic E-state index is 12.4. The second kappa shape index (κ2) is 9.11. The summed E-state index contributed by atoms with van der Waals surface area (Å²) >= 11 is 0. The molecule has 2 aromatic rings. The van der Waals surface area contributed by atoms with Crippen LogP contribution in [0.4, 0.5) is 4.79 Å². The van der Waals surface area contributed by atoms with Gasteiger partial charge < -0.3 is 15.0 Å². The molecule has 0 radical (unpaired) electrons. The Kier molecular flexibility index (Phi) is 6.12. The fourth-order valence-corrected chi connectivity index (χ4v) is 4.03. The van der Waals surface area contributed by atoms with Crippen molar-refractivity contribution < 1.29 is 9.53 Å². The highest BCUT2D eigenvalue weighted by Crippen LogP contribution is 2.25. The van der Waals surface area contributed by atoms with Gasteiger partial charge in [-0.25, -0.2) is 4.79 Å². The number of rotatable bonds is 6. The minimum Gasteiger partial charge on any atom is -0.492 e. The lowest BCUT2D eigenvalue weighted by atomic mass is 10.1. The quantitative estimate of drug-likeness (QED) is 0.785. The van der Waals surface area contributed by atoms with E-state index in [1.165, 1.54) is 29.5 Å². The molecule has 2 aliphatic rings. The van der Waals surface area contributed by atoms with Gasteiger partial charge in [0, 0.05) is 32.7 Å². The first-order valence-corrected chi connectivity index (χ1v) is 10.3. The van der Waals surface area contributed by atoms with Gasteiger partial charge in [-0.15, -0.1) is 0 Å². The number of carbonyl (C=O) groups excluding carboxylic acids is 1. The Morgan fingerprint density at radius 2 is 1.75 bits per heavy atom. The standard InChI is InChI=1S/C23H29N3O2/c27-23(24-11-16-28-22-10-9-20-7-4-8-21(20)17-22)26-14-12-25(13-15-26)18-19-5-2-1-3-6-19/h1-3,5-6,9-10,17H,4,7-8,11-16,18H2,(H,24,27). The average Bonchev–Trinajstić information content (AvgIpc) is 3.20. The molecular formula is C23H29N3O2. The van der Waals surface area contributed by atoms with Crippen molar-refractivity contribution in [3.63, 3.8) is 0 Å². The molecule has 0 aromatic heterocycles. The number of ether oxygens (including phenoxy) is 1. The van der Waals surface area contributed by atoms with Crippen molar-refractivity contribution in [1.82, 2.24) is 15.1 Å². The van der Waals surface area contributed by atoms with Crippen LogP contribution < -0.4 is 10.1 Å². The summed E-state index contributed by atoms with van der Waals surface area (Å²) in [5.41, 5.74) is 4.19. The number of benzene rings is 2. The first kappa shape index (κ1) is 18.8. The van der Waals surface area contributed by atoms with E-state index in [0.29, 0.717) is 13.2 Å². The second-order valence-corrected chi connectivity index (χ2v) is 7.61. The first-order chi connectivity index (χ1) is 13.8. The van der Waals surface area contributed by atoms with Crippen LogP contribution in [0, 0.1) is 0 Å². The van der Waals surface area contributed by atoms with E-state index < -0.39 is 0 Å². The normalized spacial score (nSPS) is 16.6. The van der Waals surface area contributed by atoms with E-state index in [-0.39, 0.29) is 6.03 Å². The van der Waals surface area contributed by atoms with Gasteiger partial charge in [0.05, 0.1) is 6.54 Å². The lowest BCUT2D eigenvalue weighted by molar-refractivity contribution is 0.134. The fourth-order valence-electron chi connectivity index (χ4n) is 4.03. The Bertz CT molecular complexity index is 786. The van der Waals surface area contributed by atoms with Crippen LogP contribution in [0.5, 0.6) is 5.75 Å². The van der Waals surface area contributed by atoms with Gasteiger partial charge >= 0.3 is 6.03 Å². The van der Waals surface area contributed by atoms with Gasteiger partial charge in [0.1, 0.15) is 12.4 Å². The van der Waals surface area contributed by atoms with Crippen LogP contribution in [-0.2, 0) is 19.4 Å². The van der Waals surface area contributed by atoms with E-state index in [1.54, 1.807) is 0 Å². The van der Waals surface area contributed by atoms with Crippen molar-refractivity contribution in [3.05, 3.63) is 65.2 Å². The summed E-state index contributed by atoms with van der Waals surface area (Å²) < 4.78 is 5.81. The van der Waals surface area contributed by atoms with Crippen LogP contribution in [0.3, 0.4) is 0 Å². The molecule has 0 bridgehead atoms. The van der Waals surface area contributed by atoms with E-state index >= 15 is 0 Å². The number of hydrogen-bond donors (Lipinski definition) is 1. The van der Waals surface area contributed by atoms with Crippen LogP contribution in [-0.4, -0.2) is 55.2 Å². The zero-order chi connectivity index (χ0) is 19.2. The number of urea groups is 1. The van der Waals surface area contributed by atoms with Gasteiger partial charge in [-0.2, -0.15) is 0 Å². The summed E-state index contributed by atoms with van der Waals surface area (Å²) in [6, 6.07) is 16.9. The monoisotopic (exact) mass is 379 g/mol. The molecule has 0 atom stereocenters. The zero-order valence-electron chi connectivity index (χ0n) is 16.4. The Hall–Kier alpha value is -2.53. The number of nitrogens with zero attached hydrogens (tertiary/aromatic N) is 2. The number of hydrogen-bond acceptors (Lipinski definition) is 3. The molecule has 4 rings (SSSR count). The molecule has 5 nitrogen and oxygen atoms in total. The highest BCUT2D eigenvalue weighted by molar-refractivity contribution is 5.74. The molecule has 0 spiro atoms. The van der Waals surface area contributed by atoms with Crippen LogP contribution in [0.1, 0.15) is 23.1 Å². The van der Waals surface area contributed by atoms with Crippen LogP contribution in [0.25, 0.3) is 0 Å². The molecule has 148 valence electrons. The molecule has 2 aromatic carbocycles. The molecule has 1 heterocycles. The predicted octanol–water partition coefficient (Wildman–Crippen LogP) is 3.08. The molecule has 0 saturated carbocycles.